The smallest absolute Gasteiger partial charge is 0.419 e. The van der Waals surface area contributed by atoms with Crippen molar-refractivity contribution in [1.29, 1.82) is 0 Å². The zero-order valence-corrected chi connectivity index (χ0v) is 16.3. The van der Waals surface area contributed by atoms with Gasteiger partial charge in [-0.05, 0) is 37.3 Å². The molecule has 6 nitrogen and oxygen atoms in total. The van der Waals surface area contributed by atoms with Crippen LogP contribution in [0, 0.1) is 11.8 Å². The summed E-state index contributed by atoms with van der Waals surface area (Å²) in [6, 6.07) is 6.71. The summed E-state index contributed by atoms with van der Waals surface area (Å²) in [5.41, 5.74) is 17.2. The molecule has 30 heavy (non-hydrogen) atoms. The number of nitrogens with two attached hydrogens (primary N) is 3. The summed E-state index contributed by atoms with van der Waals surface area (Å²) >= 11 is 0. The predicted molar refractivity (Wildman–Crippen MR) is 110 cm³/mol. The molecule has 0 aliphatic carbocycles. The quantitative estimate of drug-likeness (QED) is 0.524. The van der Waals surface area contributed by atoms with Crippen LogP contribution in [0.2, 0.25) is 0 Å². The molecular weight excluding hydrogens is 395 g/mol. The van der Waals surface area contributed by atoms with Gasteiger partial charge in [-0.25, -0.2) is 9.98 Å². The number of hydrogen-bond donors (Lipinski definition) is 3. The Hall–Kier alpha value is -3.93. The molecule has 0 saturated carbocycles. The van der Waals surface area contributed by atoms with Gasteiger partial charge in [-0.1, -0.05) is 18.4 Å². The SMILES string of the molecule is C=C(N)N=C(/C(C#Cc1ccc(N)nc1)=C(/C)N)c1ccc(OC)c(C(F)(F)F)c1. The number of aliphatic imine (C=N–C) groups is 1. The van der Waals surface area contributed by atoms with Gasteiger partial charge in [-0.2, -0.15) is 13.2 Å². The number of hydrogen-bond acceptors (Lipinski definition) is 6. The van der Waals surface area contributed by atoms with Gasteiger partial charge in [0.2, 0.25) is 0 Å². The molecule has 2 aromatic rings. The van der Waals surface area contributed by atoms with E-state index in [0.717, 1.165) is 13.2 Å². The number of ether oxygens (including phenoxy) is 1. The highest BCUT2D eigenvalue weighted by Crippen LogP contribution is 2.37. The first-order valence-corrected chi connectivity index (χ1v) is 8.52. The minimum Gasteiger partial charge on any atom is -0.496 e. The van der Waals surface area contributed by atoms with Crippen molar-refractivity contribution >= 4 is 11.5 Å². The number of methoxy groups -OCH3 is 1. The Labute approximate surface area is 172 Å². The number of rotatable bonds is 4. The first-order valence-electron chi connectivity index (χ1n) is 8.52. The zero-order valence-electron chi connectivity index (χ0n) is 16.3. The van der Waals surface area contributed by atoms with E-state index >= 15 is 0 Å². The third kappa shape index (κ3) is 5.54. The molecule has 0 aliphatic rings. The maximum Gasteiger partial charge on any atom is 0.419 e. The molecule has 0 fully saturated rings. The van der Waals surface area contributed by atoms with Crippen LogP contribution in [0.4, 0.5) is 19.0 Å². The number of anilines is 1. The average molecular weight is 415 g/mol. The summed E-state index contributed by atoms with van der Waals surface area (Å²) in [4.78, 5) is 8.03. The van der Waals surface area contributed by atoms with Crippen molar-refractivity contribution in [1.82, 2.24) is 4.98 Å². The molecule has 6 N–H and O–H groups in total. The normalized spacial score (nSPS) is 12.5. The number of nitrogen functional groups attached to an aromatic ring is 1. The average Bonchev–Trinajstić information content (AvgIpc) is 2.67. The van der Waals surface area contributed by atoms with Gasteiger partial charge < -0.3 is 21.9 Å². The fraction of sp³-hybridized carbons (Fsp3) is 0.143. The minimum atomic E-state index is -4.64. The lowest BCUT2D eigenvalue weighted by molar-refractivity contribution is -0.138. The van der Waals surface area contributed by atoms with Crippen molar-refractivity contribution in [2.45, 2.75) is 13.1 Å². The minimum absolute atomic E-state index is 0.0477. The summed E-state index contributed by atoms with van der Waals surface area (Å²) in [5, 5.41) is 0. The first kappa shape index (κ1) is 22.4. The van der Waals surface area contributed by atoms with Crippen molar-refractivity contribution in [3.05, 3.63) is 76.9 Å². The first-order chi connectivity index (χ1) is 14.0. The summed E-state index contributed by atoms with van der Waals surface area (Å²) in [6.45, 7) is 5.05. The lowest BCUT2D eigenvalue weighted by Gasteiger charge is -2.15. The van der Waals surface area contributed by atoms with Crippen LogP contribution in [0.5, 0.6) is 5.75 Å². The van der Waals surface area contributed by atoms with Gasteiger partial charge >= 0.3 is 6.18 Å². The monoisotopic (exact) mass is 415 g/mol. The fourth-order valence-corrected chi connectivity index (χ4v) is 2.44. The molecule has 1 aromatic carbocycles. The highest BCUT2D eigenvalue weighted by atomic mass is 19.4. The van der Waals surface area contributed by atoms with Crippen LogP contribution in [-0.4, -0.2) is 17.8 Å². The predicted octanol–water partition coefficient (Wildman–Crippen LogP) is 3.19. The molecule has 0 saturated heterocycles. The van der Waals surface area contributed by atoms with Crippen LogP contribution in [-0.2, 0) is 6.18 Å². The van der Waals surface area contributed by atoms with E-state index in [1.54, 1.807) is 19.1 Å². The van der Waals surface area contributed by atoms with Gasteiger partial charge in [-0.15, -0.1) is 0 Å². The molecule has 1 aromatic heterocycles. The maximum atomic E-state index is 13.5. The topological polar surface area (TPSA) is 113 Å². The van der Waals surface area contributed by atoms with Crippen LogP contribution in [0.1, 0.15) is 23.6 Å². The number of aromatic nitrogens is 1. The third-order valence-corrected chi connectivity index (χ3v) is 3.78. The summed E-state index contributed by atoms with van der Waals surface area (Å²) < 4.78 is 45.2. The van der Waals surface area contributed by atoms with E-state index in [1.165, 1.54) is 18.3 Å². The van der Waals surface area contributed by atoms with E-state index in [2.05, 4.69) is 28.4 Å². The second kappa shape index (κ2) is 9.05. The summed E-state index contributed by atoms with van der Waals surface area (Å²) in [5.74, 6) is 5.55. The van der Waals surface area contributed by atoms with Crippen molar-refractivity contribution < 1.29 is 17.9 Å². The Morgan fingerprint density at radius 1 is 1.20 bits per heavy atom. The molecule has 1 heterocycles. The summed E-state index contributed by atoms with van der Waals surface area (Å²) in [6.07, 6.45) is -3.19. The molecule has 0 aliphatic heterocycles. The van der Waals surface area contributed by atoms with Crippen LogP contribution >= 0.6 is 0 Å². The number of nitrogens with zero attached hydrogens (tertiary/aromatic N) is 2. The largest absolute Gasteiger partial charge is 0.496 e. The second-order valence-corrected chi connectivity index (χ2v) is 6.14. The van der Waals surface area contributed by atoms with Crippen LogP contribution in [0.15, 0.2) is 65.2 Å². The van der Waals surface area contributed by atoms with E-state index in [1.807, 2.05) is 0 Å². The van der Waals surface area contributed by atoms with Crippen molar-refractivity contribution in [3.63, 3.8) is 0 Å². The van der Waals surface area contributed by atoms with Gasteiger partial charge in [0.05, 0.1) is 24.0 Å². The van der Waals surface area contributed by atoms with Gasteiger partial charge in [0.25, 0.3) is 0 Å². The number of benzene rings is 1. The molecule has 9 heteroatoms. The van der Waals surface area contributed by atoms with E-state index < -0.39 is 11.7 Å². The number of pyridine rings is 1. The fourth-order valence-electron chi connectivity index (χ4n) is 2.44. The summed E-state index contributed by atoms with van der Waals surface area (Å²) in [7, 11) is 1.16. The molecule has 0 radical (unpaired) electrons. The Balaban J connectivity index is 2.66. The van der Waals surface area contributed by atoms with Crippen molar-refractivity contribution in [3.8, 4) is 17.6 Å². The van der Waals surface area contributed by atoms with Crippen LogP contribution in [0.25, 0.3) is 0 Å². The second-order valence-electron chi connectivity index (χ2n) is 6.14. The molecule has 156 valence electrons. The Kier molecular flexibility index (Phi) is 6.74. The highest BCUT2D eigenvalue weighted by Gasteiger charge is 2.35. The Morgan fingerprint density at radius 2 is 1.90 bits per heavy atom. The molecular formula is C21H20F3N5O. The van der Waals surface area contributed by atoms with E-state index in [0.29, 0.717) is 11.4 Å². The molecule has 0 unspecified atom stereocenters. The van der Waals surface area contributed by atoms with Crippen molar-refractivity contribution in [2.75, 3.05) is 12.8 Å². The van der Waals surface area contributed by atoms with Crippen molar-refractivity contribution in [2.24, 2.45) is 16.5 Å². The lowest BCUT2D eigenvalue weighted by Crippen LogP contribution is -2.14. The standard InChI is InChI=1S/C21H20F3N5O/c1-12(25)16(7-4-14-5-9-19(27)28-11-14)20(29-13(2)26)15-6-8-18(30-3)17(10-15)21(22,23)24/h5-6,8-11H,2,25-26H2,1,3H3,(H2,27,28)/b16-12-,29-20?. The number of halogens is 3. The number of allylic oxidation sites excluding steroid dienone is 2. The molecule has 0 atom stereocenters. The molecule has 0 spiro atoms. The number of alkyl halides is 3. The maximum absolute atomic E-state index is 13.5. The van der Waals surface area contributed by atoms with Gasteiger partial charge in [-0.3, -0.25) is 0 Å². The highest BCUT2D eigenvalue weighted by molar-refractivity contribution is 6.16. The van der Waals surface area contributed by atoms with Gasteiger partial charge in [0, 0.05) is 23.0 Å². The zero-order chi connectivity index (χ0) is 22.5. The third-order valence-electron chi connectivity index (χ3n) is 3.78. The van der Waals surface area contributed by atoms with E-state index in [9.17, 15) is 13.2 Å². The molecule has 2 rings (SSSR count). The molecule has 0 amide bonds. The van der Waals surface area contributed by atoms with E-state index in [-0.39, 0.29) is 34.1 Å². The molecule has 0 bridgehead atoms. The Bertz CT molecular complexity index is 1070. The Morgan fingerprint density at radius 3 is 2.40 bits per heavy atom. The van der Waals surface area contributed by atoms with Crippen LogP contribution in [0.3, 0.4) is 0 Å². The van der Waals surface area contributed by atoms with Gasteiger partial charge in [0.15, 0.2) is 0 Å². The van der Waals surface area contributed by atoms with E-state index in [4.69, 9.17) is 21.9 Å². The van der Waals surface area contributed by atoms with Crippen LogP contribution < -0.4 is 21.9 Å². The lowest BCUT2D eigenvalue weighted by atomic mass is 9.98. The van der Waals surface area contributed by atoms with Gasteiger partial charge in [0.1, 0.15) is 17.4 Å².